The molecule has 0 aliphatic rings. The Labute approximate surface area is 143 Å². The SMILES string of the molecule is Cc1ccccc1COc1ccc([C@@H](CC(=O)O)OC(C)C)cc1. The van der Waals surface area contributed by atoms with Gasteiger partial charge in [0.05, 0.1) is 18.6 Å². The van der Waals surface area contributed by atoms with Crippen LogP contribution in [0.3, 0.4) is 0 Å². The summed E-state index contributed by atoms with van der Waals surface area (Å²) in [5.74, 6) is -0.124. The van der Waals surface area contributed by atoms with Crippen LogP contribution >= 0.6 is 0 Å². The maximum absolute atomic E-state index is 11.0. The monoisotopic (exact) mass is 328 g/mol. The smallest absolute Gasteiger partial charge is 0.306 e. The van der Waals surface area contributed by atoms with Crippen LogP contribution in [0, 0.1) is 6.92 Å². The molecule has 0 aliphatic heterocycles. The van der Waals surface area contributed by atoms with E-state index in [1.54, 1.807) is 0 Å². The second kappa shape index (κ2) is 8.50. The van der Waals surface area contributed by atoms with Crippen molar-refractivity contribution in [2.75, 3.05) is 0 Å². The summed E-state index contributed by atoms with van der Waals surface area (Å²) in [6, 6.07) is 15.5. The van der Waals surface area contributed by atoms with E-state index in [-0.39, 0.29) is 12.5 Å². The van der Waals surface area contributed by atoms with Crippen LogP contribution in [0.5, 0.6) is 5.75 Å². The Balaban J connectivity index is 2.03. The van der Waals surface area contributed by atoms with Crippen molar-refractivity contribution in [1.82, 2.24) is 0 Å². The summed E-state index contributed by atoms with van der Waals surface area (Å²) in [6.45, 7) is 6.36. The lowest BCUT2D eigenvalue weighted by Gasteiger charge is -2.19. The summed E-state index contributed by atoms with van der Waals surface area (Å²) in [5, 5.41) is 9.04. The van der Waals surface area contributed by atoms with Crippen molar-refractivity contribution in [3.63, 3.8) is 0 Å². The third-order valence-electron chi connectivity index (χ3n) is 3.70. The van der Waals surface area contributed by atoms with E-state index in [1.807, 2.05) is 56.3 Å². The molecule has 0 saturated heterocycles. The normalized spacial score (nSPS) is 12.2. The quantitative estimate of drug-likeness (QED) is 0.774. The number of carbonyl (C=O) groups is 1. The summed E-state index contributed by atoms with van der Waals surface area (Å²) >= 11 is 0. The number of hydrogen-bond donors (Lipinski definition) is 1. The van der Waals surface area contributed by atoms with Crippen LogP contribution in [0.25, 0.3) is 0 Å². The maximum atomic E-state index is 11.0. The molecule has 4 heteroatoms. The number of carboxylic acids is 1. The molecule has 0 aromatic heterocycles. The van der Waals surface area contributed by atoms with Crippen LogP contribution in [0.2, 0.25) is 0 Å². The van der Waals surface area contributed by atoms with Gasteiger partial charge < -0.3 is 14.6 Å². The molecule has 1 atom stereocenters. The number of aliphatic carboxylic acids is 1. The van der Waals surface area contributed by atoms with Crippen molar-refractivity contribution in [1.29, 1.82) is 0 Å². The van der Waals surface area contributed by atoms with Gasteiger partial charge in [-0.3, -0.25) is 4.79 Å². The highest BCUT2D eigenvalue weighted by molar-refractivity contribution is 5.67. The highest BCUT2D eigenvalue weighted by Gasteiger charge is 2.17. The van der Waals surface area contributed by atoms with Gasteiger partial charge >= 0.3 is 5.97 Å². The van der Waals surface area contributed by atoms with Crippen LogP contribution < -0.4 is 4.74 Å². The molecule has 0 amide bonds. The largest absolute Gasteiger partial charge is 0.489 e. The van der Waals surface area contributed by atoms with Gasteiger partial charge in [0.1, 0.15) is 12.4 Å². The minimum absolute atomic E-state index is 0.0358. The second-order valence-corrected chi connectivity index (χ2v) is 6.06. The summed E-state index contributed by atoms with van der Waals surface area (Å²) in [7, 11) is 0. The lowest BCUT2D eigenvalue weighted by molar-refractivity contribution is -0.141. The number of rotatable bonds is 8. The van der Waals surface area contributed by atoms with Crippen molar-refractivity contribution < 1.29 is 19.4 Å². The van der Waals surface area contributed by atoms with Gasteiger partial charge in [0, 0.05) is 0 Å². The summed E-state index contributed by atoms with van der Waals surface area (Å²) < 4.78 is 11.5. The van der Waals surface area contributed by atoms with Gasteiger partial charge in [-0.1, -0.05) is 36.4 Å². The predicted octanol–water partition coefficient (Wildman–Crippen LogP) is 4.51. The highest BCUT2D eigenvalue weighted by atomic mass is 16.5. The molecule has 2 aromatic rings. The molecule has 128 valence electrons. The molecule has 0 unspecified atom stereocenters. The van der Waals surface area contributed by atoms with Gasteiger partial charge in [-0.15, -0.1) is 0 Å². The summed E-state index contributed by atoms with van der Waals surface area (Å²) in [5.41, 5.74) is 3.18. The fourth-order valence-electron chi connectivity index (χ4n) is 2.44. The molecule has 4 nitrogen and oxygen atoms in total. The van der Waals surface area contributed by atoms with Gasteiger partial charge in [-0.25, -0.2) is 0 Å². The van der Waals surface area contributed by atoms with E-state index in [0.29, 0.717) is 6.61 Å². The van der Waals surface area contributed by atoms with E-state index in [1.165, 1.54) is 5.56 Å². The number of ether oxygens (including phenoxy) is 2. The Morgan fingerprint density at radius 3 is 2.33 bits per heavy atom. The zero-order valence-electron chi connectivity index (χ0n) is 14.4. The van der Waals surface area contributed by atoms with Crippen LogP contribution in [-0.4, -0.2) is 17.2 Å². The van der Waals surface area contributed by atoms with Crippen molar-refractivity contribution in [3.05, 3.63) is 65.2 Å². The van der Waals surface area contributed by atoms with E-state index in [2.05, 4.69) is 13.0 Å². The molecule has 0 radical (unpaired) electrons. The first-order valence-corrected chi connectivity index (χ1v) is 8.10. The van der Waals surface area contributed by atoms with Crippen LogP contribution in [-0.2, 0) is 16.1 Å². The minimum atomic E-state index is -0.875. The Morgan fingerprint density at radius 2 is 1.75 bits per heavy atom. The third-order valence-corrected chi connectivity index (χ3v) is 3.70. The number of benzene rings is 2. The highest BCUT2D eigenvalue weighted by Crippen LogP contribution is 2.25. The summed E-state index contributed by atoms with van der Waals surface area (Å²) in [4.78, 5) is 11.0. The average Bonchev–Trinajstić information content (AvgIpc) is 2.53. The predicted molar refractivity (Wildman–Crippen MR) is 93.2 cm³/mol. The lowest BCUT2D eigenvalue weighted by Crippen LogP contribution is -2.14. The molecule has 0 fully saturated rings. The Morgan fingerprint density at radius 1 is 1.08 bits per heavy atom. The van der Waals surface area contributed by atoms with Crippen LogP contribution in [0.15, 0.2) is 48.5 Å². The number of aryl methyl sites for hydroxylation is 1. The first-order valence-electron chi connectivity index (χ1n) is 8.10. The molecule has 1 N–H and O–H groups in total. The van der Waals surface area contributed by atoms with E-state index < -0.39 is 12.1 Å². The molecule has 24 heavy (non-hydrogen) atoms. The fraction of sp³-hybridized carbons (Fsp3) is 0.350. The molecule has 2 rings (SSSR count). The van der Waals surface area contributed by atoms with Gasteiger partial charge in [0.25, 0.3) is 0 Å². The van der Waals surface area contributed by atoms with Crippen LogP contribution in [0.4, 0.5) is 0 Å². The topological polar surface area (TPSA) is 55.8 Å². The lowest BCUT2D eigenvalue weighted by atomic mass is 10.1. The summed E-state index contributed by atoms with van der Waals surface area (Å²) in [6.07, 6.45) is -0.541. The average molecular weight is 328 g/mol. The molecule has 0 aliphatic carbocycles. The van der Waals surface area contributed by atoms with E-state index in [4.69, 9.17) is 14.6 Å². The van der Waals surface area contributed by atoms with Crippen molar-refractivity contribution in [3.8, 4) is 5.75 Å². The zero-order chi connectivity index (χ0) is 17.5. The minimum Gasteiger partial charge on any atom is -0.489 e. The van der Waals surface area contributed by atoms with Crippen molar-refractivity contribution in [2.45, 2.75) is 46.0 Å². The molecule has 0 heterocycles. The number of carboxylic acid groups (broad SMARTS) is 1. The van der Waals surface area contributed by atoms with E-state index >= 15 is 0 Å². The number of hydrogen-bond acceptors (Lipinski definition) is 3. The first-order chi connectivity index (χ1) is 11.5. The fourth-order valence-corrected chi connectivity index (χ4v) is 2.44. The maximum Gasteiger partial charge on any atom is 0.306 e. The molecule has 2 aromatic carbocycles. The van der Waals surface area contributed by atoms with E-state index in [0.717, 1.165) is 16.9 Å². The third kappa shape index (κ3) is 5.39. The molecular weight excluding hydrogens is 304 g/mol. The second-order valence-electron chi connectivity index (χ2n) is 6.06. The zero-order valence-corrected chi connectivity index (χ0v) is 14.4. The van der Waals surface area contributed by atoms with E-state index in [9.17, 15) is 4.79 Å². The standard InChI is InChI=1S/C20H24O4/c1-14(2)24-19(12-20(21)22)16-8-10-18(11-9-16)23-13-17-7-5-4-6-15(17)3/h4-11,14,19H,12-13H2,1-3H3,(H,21,22)/t19-/m1/s1. The molecule has 0 saturated carbocycles. The van der Waals surface area contributed by atoms with Crippen LogP contribution in [0.1, 0.15) is 43.1 Å². The Kier molecular flexibility index (Phi) is 6.38. The molecule has 0 bridgehead atoms. The van der Waals surface area contributed by atoms with Gasteiger partial charge in [0.2, 0.25) is 0 Å². The van der Waals surface area contributed by atoms with Crippen molar-refractivity contribution in [2.24, 2.45) is 0 Å². The van der Waals surface area contributed by atoms with Gasteiger partial charge in [-0.2, -0.15) is 0 Å². The first kappa shape index (κ1) is 18.0. The molecular formula is C20H24O4. The van der Waals surface area contributed by atoms with Gasteiger partial charge in [0.15, 0.2) is 0 Å². The van der Waals surface area contributed by atoms with Gasteiger partial charge in [-0.05, 0) is 49.6 Å². The molecule has 0 spiro atoms. The van der Waals surface area contributed by atoms with Crippen molar-refractivity contribution >= 4 is 5.97 Å². The Bertz CT molecular complexity index is 662. The Hall–Kier alpha value is -2.33.